The predicted octanol–water partition coefficient (Wildman–Crippen LogP) is 2.02. The number of hydrazine groups is 2. The van der Waals surface area contributed by atoms with Gasteiger partial charge in [0.2, 0.25) is 11.9 Å². The summed E-state index contributed by atoms with van der Waals surface area (Å²) in [4.78, 5) is 19.0. The van der Waals surface area contributed by atoms with Gasteiger partial charge in [0.25, 0.3) is 0 Å². The van der Waals surface area contributed by atoms with E-state index in [-0.39, 0.29) is 11.4 Å². The Kier molecular flexibility index (Phi) is 5.84. The Bertz CT molecular complexity index is 871. The van der Waals surface area contributed by atoms with E-state index in [4.69, 9.17) is 5.84 Å². The van der Waals surface area contributed by atoms with Gasteiger partial charge in [-0.25, -0.2) is 16.3 Å². The van der Waals surface area contributed by atoms with E-state index in [9.17, 15) is 4.79 Å². The average Bonchev–Trinajstić information content (AvgIpc) is 2.97. The summed E-state index contributed by atoms with van der Waals surface area (Å²) in [6.45, 7) is 3.39. The number of aliphatic imine (C=N–C) groups is 1. The summed E-state index contributed by atoms with van der Waals surface area (Å²) in [7, 11) is 2.02. The number of nitrogens with two attached hydrogens (primary N) is 1. The molecule has 1 amide bonds. The first kappa shape index (κ1) is 19.0. The van der Waals surface area contributed by atoms with Gasteiger partial charge in [-0.3, -0.25) is 15.6 Å². The maximum atomic E-state index is 11.2. The molecule has 1 unspecified atom stereocenters. The molecular formula is C18H23N7OS. The zero-order chi connectivity index (χ0) is 19.4. The van der Waals surface area contributed by atoms with Crippen molar-refractivity contribution in [1.82, 2.24) is 16.3 Å². The Balaban J connectivity index is 1.66. The van der Waals surface area contributed by atoms with E-state index >= 15 is 0 Å². The fraction of sp³-hybridized carbons (Fsp3) is 0.222. The van der Waals surface area contributed by atoms with Crippen LogP contribution in [-0.2, 0) is 4.79 Å². The number of hydrogen-bond donors (Lipinski definition) is 5. The van der Waals surface area contributed by atoms with Gasteiger partial charge in [-0.05, 0) is 42.8 Å². The molecule has 1 aliphatic heterocycles. The molecule has 0 bridgehead atoms. The van der Waals surface area contributed by atoms with Crippen LogP contribution in [0.3, 0.4) is 0 Å². The minimum Gasteiger partial charge on any atom is -0.348 e. The molecule has 2 aromatic carbocycles. The monoisotopic (exact) mass is 385 g/mol. The number of thioether (sulfide) groups is 1. The molecule has 8 nitrogen and oxygen atoms in total. The minimum absolute atomic E-state index is 0.00447. The number of carbonyl (C=O) groups excluding carboxylic acids is 1. The molecule has 1 heterocycles. The number of nitrogens with zero attached hydrogens (tertiary/aromatic N) is 2. The number of hydrogen-bond acceptors (Lipinski definition) is 6. The second kappa shape index (κ2) is 8.30. The molecule has 1 atom stereocenters. The number of anilines is 2. The molecule has 1 aliphatic rings. The first-order chi connectivity index (χ1) is 13.0. The lowest BCUT2D eigenvalue weighted by Gasteiger charge is -2.23. The Labute approximate surface area is 162 Å². The highest BCUT2D eigenvalue weighted by Crippen LogP contribution is 2.40. The number of guanidine groups is 1. The topological polar surface area (TPSA) is 107 Å². The van der Waals surface area contributed by atoms with Crippen molar-refractivity contribution in [1.29, 1.82) is 0 Å². The molecule has 0 aliphatic carbocycles. The van der Waals surface area contributed by atoms with Crippen LogP contribution in [0.2, 0.25) is 0 Å². The van der Waals surface area contributed by atoms with Crippen molar-refractivity contribution in [3.05, 3.63) is 48.0 Å². The van der Waals surface area contributed by atoms with E-state index in [0.29, 0.717) is 11.6 Å². The zero-order valence-electron chi connectivity index (χ0n) is 15.4. The smallest absolute Gasteiger partial charge is 0.225 e. The minimum atomic E-state index is -0.108. The molecule has 0 fully saturated rings. The number of rotatable bonds is 4. The van der Waals surface area contributed by atoms with Gasteiger partial charge in [0.15, 0.2) is 0 Å². The van der Waals surface area contributed by atoms with Gasteiger partial charge in [0.1, 0.15) is 5.50 Å². The summed E-state index contributed by atoms with van der Waals surface area (Å²) in [5.74, 6) is 5.87. The highest BCUT2D eigenvalue weighted by atomic mass is 32.2. The lowest BCUT2D eigenvalue weighted by atomic mass is 10.2. The Morgan fingerprint density at radius 1 is 1.26 bits per heavy atom. The van der Waals surface area contributed by atoms with Crippen LogP contribution in [-0.4, -0.2) is 24.4 Å². The van der Waals surface area contributed by atoms with Gasteiger partial charge in [-0.15, -0.1) is 0 Å². The molecule has 2 aromatic rings. The fourth-order valence-electron chi connectivity index (χ4n) is 2.70. The molecule has 0 aromatic heterocycles. The molecule has 0 radical (unpaired) electrons. The predicted molar refractivity (Wildman–Crippen MR) is 111 cm³/mol. The van der Waals surface area contributed by atoms with Crippen LogP contribution in [0, 0.1) is 6.92 Å². The van der Waals surface area contributed by atoms with Gasteiger partial charge >= 0.3 is 0 Å². The standard InChI is InChI=1S/C18H23N7OS/c1-11-10-13(8-9-14(11)20-12(2)26)21-17(22-19)23-24-18-25(3)15-6-4-5-7-16(15)27-18/h4-10,18,24H,19H2,1-3H3,(H,20,26)(H2,21,22,23). The molecule has 0 saturated heterocycles. The first-order valence-electron chi connectivity index (χ1n) is 8.41. The number of carbonyl (C=O) groups is 1. The molecule has 9 heteroatoms. The van der Waals surface area contributed by atoms with Crippen LogP contribution in [0.5, 0.6) is 0 Å². The van der Waals surface area contributed by atoms with Crippen molar-refractivity contribution in [2.24, 2.45) is 10.8 Å². The second-order valence-corrected chi connectivity index (χ2v) is 7.23. The number of amides is 1. The summed E-state index contributed by atoms with van der Waals surface area (Å²) in [5.41, 5.74) is 12.3. The van der Waals surface area contributed by atoms with Crippen LogP contribution in [0.25, 0.3) is 0 Å². The Morgan fingerprint density at radius 3 is 2.70 bits per heavy atom. The molecule has 27 heavy (non-hydrogen) atoms. The van der Waals surface area contributed by atoms with E-state index in [1.165, 1.54) is 17.5 Å². The van der Waals surface area contributed by atoms with Crippen molar-refractivity contribution in [3.63, 3.8) is 0 Å². The fourth-order valence-corrected chi connectivity index (χ4v) is 3.82. The number of para-hydroxylation sites is 1. The van der Waals surface area contributed by atoms with Crippen LogP contribution in [0.15, 0.2) is 52.4 Å². The van der Waals surface area contributed by atoms with Gasteiger partial charge in [-0.1, -0.05) is 23.9 Å². The first-order valence-corrected chi connectivity index (χ1v) is 9.29. The van der Waals surface area contributed by atoms with Crippen molar-refractivity contribution < 1.29 is 4.79 Å². The van der Waals surface area contributed by atoms with Gasteiger partial charge in [0.05, 0.1) is 11.4 Å². The van der Waals surface area contributed by atoms with E-state index in [1.54, 1.807) is 11.8 Å². The van der Waals surface area contributed by atoms with E-state index < -0.39 is 0 Å². The van der Waals surface area contributed by atoms with Crippen molar-refractivity contribution >= 4 is 40.7 Å². The lowest BCUT2D eigenvalue weighted by molar-refractivity contribution is -0.114. The van der Waals surface area contributed by atoms with E-state index in [0.717, 1.165) is 11.3 Å². The van der Waals surface area contributed by atoms with E-state index in [1.807, 2.05) is 44.3 Å². The lowest BCUT2D eigenvalue weighted by Crippen LogP contribution is -2.53. The van der Waals surface area contributed by atoms with Crippen molar-refractivity contribution in [2.75, 3.05) is 17.3 Å². The van der Waals surface area contributed by atoms with Crippen molar-refractivity contribution in [2.45, 2.75) is 24.2 Å². The summed E-state index contributed by atoms with van der Waals surface area (Å²) in [5, 5.41) is 2.78. The van der Waals surface area contributed by atoms with E-state index in [2.05, 4.69) is 43.6 Å². The molecular weight excluding hydrogens is 362 g/mol. The Morgan fingerprint density at radius 2 is 2.04 bits per heavy atom. The van der Waals surface area contributed by atoms with Gasteiger partial charge < -0.3 is 10.2 Å². The highest BCUT2D eigenvalue weighted by Gasteiger charge is 2.26. The van der Waals surface area contributed by atoms with Crippen LogP contribution >= 0.6 is 11.8 Å². The number of nitrogens with one attached hydrogen (secondary N) is 4. The largest absolute Gasteiger partial charge is 0.348 e. The number of benzene rings is 2. The molecule has 142 valence electrons. The second-order valence-electron chi connectivity index (χ2n) is 6.10. The van der Waals surface area contributed by atoms with Gasteiger partial charge in [-0.2, -0.15) is 0 Å². The zero-order valence-corrected chi connectivity index (χ0v) is 16.2. The number of aryl methyl sites for hydroxylation is 1. The summed E-state index contributed by atoms with van der Waals surface area (Å²) in [6.07, 6.45) is 0. The summed E-state index contributed by atoms with van der Waals surface area (Å²) < 4.78 is 0. The summed E-state index contributed by atoms with van der Waals surface area (Å²) >= 11 is 1.70. The molecule has 6 N–H and O–H groups in total. The number of fused-ring (bicyclic) bond motifs is 1. The van der Waals surface area contributed by atoms with Gasteiger partial charge in [0, 0.05) is 24.6 Å². The van der Waals surface area contributed by atoms with Crippen molar-refractivity contribution in [3.8, 4) is 0 Å². The van der Waals surface area contributed by atoms with Crippen LogP contribution in [0.4, 0.5) is 17.1 Å². The maximum absolute atomic E-state index is 11.2. The Hall–Kier alpha value is -2.75. The molecule has 0 saturated carbocycles. The third-order valence-electron chi connectivity index (χ3n) is 4.05. The van der Waals surface area contributed by atoms with Crippen LogP contribution in [0.1, 0.15) is 12.5 Å². The quantitative estimate of drug-likeness (QED) is 0.237. The normalized spacial score (nSPS) is 16.1. The third kappa shape index (κ3) is 4.51. The SMILES string of the molecule is CC(=O)Nc1ccc(N=C(NN)NNC2Sc3ccccc3N2C)cc1C. The highest BCUT2D eigenvalue weighted by molar-refractivity contribution is 8.00. The summed E-state index contributed by atoms with van der Waals surface area (Å²) in [6, 6.07) is 13.7. The maximum Gasteiger partial charge on any atom is 0.225 e. The molecule has 0 spiro atoms. The van der Waals surface area contributed by atoms with Crippen LogP contribution < -0.4 is 32.3 Å². The average molecular weight is 385 g/mol. The molecule has 3 rings (SSSR count). The third-order valence-corrected chi connectivity index (χ3v) is 5.30.